The smallest absolute Gasteiger partial charge is 0.475 e. The predicted molar refractivity (Wildman–Crippen MR) is 94.1 cm³/mol. The van der Waals surface area contributed by atoms with Gasteiger partial charge in [-0.25, -0.2) is 9.78 Å². The highest BCUT2D eigenvalue weighted by molar-refractivity contribution is 7.09. The van der Waals surface area contributed by atoms with Crippen molar-refractivity contribution in [3.63, 3.8) is 0 Å². The molecule has 1 aliphatic heterocycles. The second-order valence-electron chi connectivity index (χ2n) is 5.87. The highest BCUT2D eigenvalue weighted by Crippen LogP contribution is 2.26. The molecule has 28 heavy (non-hydrogen) atoms. The quantitative estimate of drug-likeness (QED) is 0.808. The van der Waals surface area contributed by atoms with E-state index in [1.807, 2.05) is 36.3 Å². The van der Waals surface area contributed by atoms with Crippen molar-refractivity contribution in [1.29, 1.82) is 0 Å². The summed E-state index contributed by atoms with van der Waals surface area (Å²) in [6.45, 7) is 5.50. The van der Waals surface area contributed by atoms with Gasteiger partial charge < -0.3 is 14.7 Å². The summed E-state index contributed by atoms with van der Waals surface area (Å²) in [4.78, 5) is 32.1. The lowest BCUT2D eigenvalue weighted by Gasteiger charge is -2.34. The summed E-state index contributed by atoms with van der Waals surface area (Å²) >= 11 is 1.59. The molecule has 7 nitrogen and oxygen atoms in total. The number of hydrogen-bond donors (Lipinski definition) is 1. The number of aryl methyl sites for hydroxylation is 2. The van der Waals surface area contributed by atoms with Gasteiger partial charge in [-0.1, -0.05) is 0 Å². The van der Waals surface area contributed by atoms with Crippen molar-refractivity contribution in [3.05, 3.63) is 45.7 Å². The molecule has 0 bridgehead atoms. The number of aromatic nitrogens is 2. The molecule has 2 aromatic heterocycles. The molecule has 0 spiro atoms. The number of amides is 1. The average Bonchev–Trinajstić information content (AvgIpc) is 3.08. The Balaban J connectivity index is 0.000000345. The molecule has 0 aliphatic carbocycles. The van der Waals surface area contributed by atoms with E-state index in [4.69, 9.17) is 14.6 Å². The van der Waals surface area contributed by atoms with Gasteiger partial charge in [0.2, 0.25) is 0 Å². The molecule has 152 valence electrons. The van der Waals surface area contributed by atoms with E-state index in [0.29, 0.717) is 25.3 Å². The lowest BCUT2D eigenvalue weighted by atomic mass is 10.1. The van der Waals surface area contributed by atoms with Crippen molar-refractivity contribution in [2.75, 3.05) is 19.8 Å². The fourth-order valence-electron chi connectivity index (χ4n) is 2.39. The molecule has 3 heterocycles. The Hall–Kier alpha value is -2.53. The lowest BCUT2D eigenvalue weighted by Crippen LogP contribution is -2.43. The molecular formula is C17H18F3N3O4S. The largest absolute Gasteiger partial charge is 0.490 e. The summed E-state index contributed by atoms with van der Waals surface area (Å²) in [5.74, 6) is -2.77. The molecule has 2 aromatic rings. The van der Waals surface area contributed by atoms with Crippen molar-refractivity contribution < 1.29 is 32.6 Å². The topological polar surface area (TPSA) is 92.6 Å². The first kappa shape index (κ1) is 21.8. The molecule has 1 amide bonds. The minimum Gasteiger partial charge on any atom is -0.475 e. The maximum absolute atomic E-state index is 12.7. The summed E-state index contributed by atoms with van der Waals surface area (Å²) in [6.07, 6.45) is -3.45. The number of alkyl halides is 3. The SMILES string of the molecule is Cc1ccc(C(=O)N2CCOCC2c2csc(C)n2)cn1.O=C(O)C(F)(F)F. The van der Waals surface area contributed by atoms with Gasteiger partial charge in [0.05, 0.1) is 35.5 Å². The maximum Gasteiger partial charge on any atom is 0.490 e. The number of thiazole rings is 1. The fraction of sp³-hybridized carbons (Fsp3) is 0.412. The molecule has 11 heteroatoms. The van der Waals surface area contributed by atoms with E-state index in [9.17, 15) is 18.0 Å². The first-order valence-electron chi connectivity index (χ1n) is 8.13. The Bertz CT molecular complexity index is 824. The van der Waals surface area contributed by atoms with Gasteiger partial charge in [-0.15, -0.1) is 11.3 Å². The van der Waals surface area contributed by atoms with E-state index in [1.165, 1.54) is 0 Å². The van der Waals surface area contributed by atoms with Crippen LogP contribution < -0.4 is 0 Å². The van der Waals surface area contributed by atoms with Gasteiger partial charge in [0.25, 0.3) is 5.91 Å². The van der Waals surface area contributed by atoms with Crippen LogP contribution in [-0.4, -0.2) is 57.8 Å². The van der Waals surface area contributed by atoms with Crippen LogP contribution in [-0.2, 0) is 9.53 Å². The van der Waals surface area contributed by atoms with E-state index < -0.39 is 12.1 Å². The van der Waals surface area contributed by atoms with Gasteiger partial charge in [-0.2, -0.15) is 13.2 Å². The number of carboxylic acid groups (broad SMARTS) is 1. The predicted octanol–water partition coefficient (Wildman–Crippen LogP) is 3.00. The summed E-state index contributed by atoms with van der Waals surface area (Å²) in [7, 11) is 0. The number of nitrogens with zero attached hydrogens (tertiary/aromatic N) is 3. The van der Waals surface area contributed by atoms with Gasteiger partial charge in [0, 0.05) is 23.8 Å². The molecule has 1 unspecified atom stereocenters. The Morgan fingerprint density at radius 3 is 2.50 bits per heavy atom. The molecule has 1 aliphatic rings. The zero-order valence-corrected chi connectivity index (χ0v) is 15.9. The van der Waals surface area contributed by atoms with Crippen LogP contribution in [0, 0.1) is 13.8 Å². The number of pyridine rings is 1. The molecule has 1 saturated heterocycles. The zero-order chi connectivity index (χ0) is 20.9. The van der Waals surface area contributed by atoms with Crippen molar-refractivity contribution in [2.45, 2.75) is 26.1 Å². The first-order chi connectivity index (χ1) is 13.1. The van der Waals surface area contributed by atoms with E-state index in [-0.39, 0.29) is 11.9 Å². The number of rotatable bonds is 2. The molecule has 0 saturated carbocycles. The first-order valence-corrected chi connectivity index (χ1v) is 9.01. The van der Waals surface area contributed by atoms with Crippen molar-refractivity contribution in [2.24, 2.45) is 0 Å². The third-order valence-corrected chi connectivity index (χ3v) is 4.56. The summed E-state index contributed by atoms with van der Waals surface area (Å²) < 4.78 is 37.3. The number of morpholine rings is 1. The standard InChI is InChI=1S/C15H17N3O2S.C2HF3O2/c1-10-3-4-12(7-16-10)15(19)18-5-6-20-8-14(18)13-9-21-11(2)17-13;3-2(4,5)1(6)7/h3-4,7,9,14H,5-6,8H2,1-2H3;(H,6,7). The second kappa shape index (κ2) is 9.11. The van der Waals surface area contributed by atoms with Gasteiger partial charge in [-0.05, 0) is 26.0 Å². The third kappa shape index (κ3) is 5.73. The Morgan fingerprint density at radius 2 is 2.00 bits per heavy atom. The number of carbonyl (C=O) groups excluding carboxylic acids is 1. The Labute approximate surface area is 162 Å². The minimum absolute atomic E-state index is 0.0125. The molecule has 1 fully saturated rings. The van der Waals surface area contributed by atoms with Crippen LogP contribution in [0.4, 0.5) is 13.2 Å². The molecule has 0 aromatic carbocycles. The fourth-order valence-corrected chi connectivity index (χ4v) is 3.04. The Kier molecular flexibility index (Phi) is 7.08. The number of halogens is 3. The van der Waals surface area contributed by atoms with Crippen LogP contribution in [0.1, 0.15) is 32.8 Å². The van der Waals surface area contributed by atoms with Crippen LogP contribution >= 0.6 is 11.3 Å². The third-order valence-electron chi connectivity index (χ3n) is 3.77. The monoisotopic (exact) mass is 417 g/mol. The Morgan fingerprint density at radius 1 is 1.32 bits per heavy atom. The highest BCUT2D eigenvalue weighted by atomic mass is 32.1. The summed E-state index contributed by atoms with van der Waals surface area (Å²) in [6, 6.07) is 3.57. The molecule has 1 atom stereocenters. The van der Waals surface area contributed by atoms with Crippen molar-refractivity contribution in [1.82, 2.24) is 14.9 Å². The van der Waals surface area contributed by atoms with Crippen LogP contribution in [0.5, 0.6) is 0 Å². The van der Waals surface area contributed by atoms with Crippen LogP contribution in [0.2, 0.25) is 0 Å². The highest BCUT2D eigenvalue weighted by Gasteiger charge is 2.38. The van der Waals surface area contributed by atoms with Crippen LogP contribution in [0.15, 0.2) is 23.7 Å². The number of hydrogen-bond acceptors (Lipinski definition) is 6. The number of aliphatic carboxylic acids is 1. The van der Waals surface area contributed by atoms with E-state index >= 15 is 0 Å². The van der Waals surface area contributed by atoms with Gasteiger partial charge in [0.1, 0.15) is 0 Å². The number of ether oxygens (including phenoxy) is 1. The number of carboxylic acids is 1. The van der Waals surface area contributed by atoms with Crippen molar-refractivity contribution in [3.8, 4) is 0 Å². The molecule has 3 rings (SSSR count). The molecule has 0 radical (unpaired) electrons. The van der Waals surface area contributed by atoms with E-state index in [2.05, 4.69) is 9.97 Å². The molecular weight excluding hydrogens is 399 g/mol. The van der Waals surface area contributed by atoms with E-state index in [0.717, 1.165) is 16.4 Å². The van der Waals surface area contributed by atoms with Gasteiger partial charge >= 0.3 is 12.1 Å². The second-order valence-corrected chi connectivity index (χ2v) is 6.93. The van der Waals surface area contributed by atoms with Gasteiger partial charge in [-0.3, -0.25) is 9.78 Å². The van der Waals surface area contributed by atoms with Crippen LogP contribution in [0.25, 0.3) is 0 Å². The lowest BCUT2D eigenvalue weighted by molar-refractivity contribution is -0.192. The average molecular weight is 417 g/mol. The maximum atomic E-state index is 12.7. The van der Waals surface area contributed by atoms with E-state index in [1.54, 1.807) is 17.5 Å². The summed E-state index contributed by atoms with van der Waals surface area (Å²) in [5, 5.41) is 10.1. The minimum atomic E-state index is -5.08. The zero-order valence-electron chi connectivity index (χ0n) is 15.1. The summed E-state index contributed by atoms with van der Waals surface area (Å²) in [5.41, 5.74) is 2.42. The van der Waals surface area contributed by atoms with Gasteiger partial charge in [0.15, 0.2) is 0 Å². The van der Waals surface area contributed by atoms with Crippen molar-refractivity contribution >= 4 is 23.2 Å². The van der Waals surface area contributed by atoms with Crippen LogP contribution in [0.3, 0.4) is 0 Å². The normalized spacial score (nSPS) is 16.9. The number of carbonyl (C=O) groups is 2. The molecule has 1 N–H and O–H groups in total.